The summed E-state index contributed by atoms with van der Waals surface area (Å²) in [6.07, 6.45) is 1.82. The number of rotatable bonds is 6. The molecule has 3 aromatic rings. The van der Waals surface area contributed by atoms with Gasteiger partial charge in [-0.25, -0.2) is 8.42 Å². The molecule has 160 valence electrons. The molecule has 6 heteroatoms. The Morgan fingerprint density at radius 2 is 1.48 bits per heavy atom. The van der Waals surface area contributed by atoms with Gasteiger partial charge in [0.05, 0.1) is 11.9 Å². The van der Waals surface area contributed by atoms with Crippen molar-refractivity contribution < 1.29 is 13.2 Å². The van der Waals surface area contributed by atoms with E-state index < -0.39 is 10.0 Å². The average Bonchev–Trinajstić information content (AvgIpc) is 3.09. The number of fused-ring (bicyclic) bond motifs is 1. The van der Waals surface area contributed by atoms with Crippen molar-refractivity contribution in [3.8, 4) is 0 Å². The van der Waals surface area contributed by atoms with Crippen LogP contribution >= 0.6 is 0 Å². The highest BCUT2D eigenvalue weighted by molar-refractivity contribution is 7.92. The van der Waals surface area contributed by atoms with Crippen LogP contribution in [0, 0.1) is 0 Å². The van der Waals surface area contributed by atoms with Crippen LogP contribution in [0.15, 0.2) is 78.9 Å². The molecule has 0 saturated heterocycles. The molecule has 3 aromatic carbocycles. The molecule has 0 spiro atoms. The van der Waals surface area contributed by atoms with Crippen molar-refractivity contribution in [3.05, 3.63) is 101 Å². The predicted octanol–water partition coefficient (Wildman–Crippen LogP) is 4.24. The third-order valence-electron chi connectivity index (χ3n) is 5.56. The van der Waals surface area contributed by atoms with Crippen LogP contribution in [0.1, 0.15) is 34.0 Å². The average molecular weight is 435 g/mol. The number of carbonyl (C=O) groups is 1. The first-order valence-electron chi connectivity index (χ1n) is 10.3. The van der Waals surface area contributed by atoms with E-state index in [4.69, 9.17) is 0 Å². The number of hydrogen-bond donors (Lipinski definition) is 0. The number of sulfonamides is 1. The SMILES string of the molecule is C[C@H]1Cc2cc(C(=O)N(Cc3ccccc3)Cc3ccccc3)ccc2N1S(C)(=O)=O. The Labute approximate surface area is 184 Å². The van der Waals surface area contributed by atoms with Crippen molar-refractivity contribution in [2.75, 3.05) is 10.6 Å². The van der Waals surface area contributed by atoms with E-state index in [-0.39, 0.29) is 11.9 Å². The van der Waals surface area contributed by atoms with E-state index in [0.29, 0.717) is 30.8 Å². The van der Waals surface area contributed by atoms with Crippen LogP contribution in [0.2, 0.25) is 0 Å². The van der Waals surface area contributed by atoms with Crippen LogP contribution in [-0.4, -0.2) is 31.5 Å². The Bertz CT molecular complexity index is 1140. The van der Waals surface area contributed by atoms with Crippen LogP contribution in [0.4, 0.5) is 5.69 Å². The number of benzene rings is 3. The smallest absolute Gasteiger partial charge is 0.254 e. The normalized spacial score (nSPS) is 15.5. The molecule has 1 amide bonds. The summed E-state index contributed by atoms with van der Waals surface area (Å²) in [5.74, 6) is -0.0686. The lowest BCUT2D eigenvalue weighted by Gasteiger charge is -2.24. The maximum Gasteiger partial charge on any atom is 0.254 e. The summed E-state index contributed by atoms with van der Waals surface area (Å²) < 4.78 is 25.8. The standard InChI is InChI=1S/C25H26N2O3S/c1-19-15-23-16-22(13-14-24(23)27(19)31(2,29)30)25(28)26(17-20-9-5-3-6-10-20)18-21-11-7-4-8-12-21/h3-14,16,19H,15,17-18H2,1-2H3/t19-/m0/s1. The van der Waals surface area contributed by atoms with Gasteiger partial charge in [0.15, 0.2) is 0 Å². The van der Waals surface area contributed by atoms with Gasteiger partial charge < -0.3 is 4.90 Å². The number of hydrogen-bond acceptors (Lipinski definition) is 3. The molecular weight excluding hydrogens is 408 g/mol. The summed E-state index contributed by atoms with van der Waals surface area (Å²) in [6.45, 7) is 2.88. The first kappa shape index (κ1) is 21.1. The Morgan fingerprint density at radius 3 is 2.00 bits per heavy atom. The van der Waals surface area contributed by atoms with Gasteiger partial charge in [0, 0.05) is 24.7 Å². The van der Waals surface area contributed by atoms with E-state index in [1.54, 1.807) is 12.1 Å². The lowest BCUT2D eigenvalue weighted by Crippen LogP contribution is -2.34. The zero-order chi connectivity index (χ0) is 22.0. The minimum Gasteiger partial charge on any atom is -0.330 e. The molecular formula is C25H26N2O3S. The van der Waals surface area contributed by atoms with Gasteiger partial charge in [-0.3, -0.25) is 9.10 Å². The van der Waals surface area contributed by atoms with E-state index in [1.807, 2.05) is 78.6 Å². The fourth-order valence-corrected chi connectivity index (χ4v) is 5.49. The van der Waals surface area contributed by atoms with Crippen molar-refractivity contribution in [2.45, 2.75) is 32.5 Å². The zero-order valence-corrected chi connectivity index (χ0v) is 18.5. The van der Waals surface area contributed by atoms with Crippen LogP contribution < -0.4 is 4.31 Å². The molecule has 1 atom stereocenters. The molecule has 0 radical (unpaired) electrons. The van der Waals surface area contributed by atoms with Gasteiger partial charge in [-0.1, -0.05) is 60.7 Å². The molecule has 1 aliphatic rings. The van der Waals surface area contributed by atoms with E-state index in [1.165, 1.54) is 10.6 Å². The summed E-state index contributed by atoms with van der Waals surface area (Å²) in [6, 6.07) is 25.0. The van der Waals surface area contributed by atoms with Crippen molar-refractivity contribution in [1.82, 2.24) is 4.90 Å². The minimum absolute atomic E-state index is 0.0686. The Kier molecular flexibility index (Phi) is 5.83. The van der Waals surface area contributed by atoms with Crippen molar-refractivity contribution in [2.24, 2.45) is 0 Å². The summed E-state index contributed by atoms with van der Waals surface area (Å²) in [4.78, 5) is 15.3. The third-order valence-corrected chi connectivity index (χ3v) is 6.83. The van der Waals surface area contributed by atoms with E-state index in [0.717, 1.165) is 16.7 Å². The van der Waals surface area contributed by atoms with Crippen molar-refractivity contribution in [1.29, 1.82) is 0 Å². The molecule has 0 bridgehead atoms. The zero-order valence-electron chi connectivity index (χ0n) is 17.7. The van der Waals surface area contributed by atoms with E-state index in [9.17, 15) is 13.2 Å². The molecule has 0 fully saturated rings. The van der Waals surface area contributed by atoms with Crippen molar-refractivity contribution in [3.63, 3.8) is 0 Å². The molecule has 1 aliphatic heterocycles. The predicted molar refractivity (Wildman–Crippen MR) is 123 cm³/mol. The highest BCUT2D eigenvalue weighted by Gasteiger charge is 2.33. The van der Waals surface area contributed by atoms with Gasteiger partial charge in [-0.2, -0.15) is 0 Å². The highest BCUT2D eigenvalue weighted by Crippen LogP contribution is 2.35. The second kappa shape index (κ2) is 8.55. The Morgan fingerprint density at radius 1 is 0.935 bits per heavy atom. The quantitative estimate of drug-likeness (QED) is 0.583. The summed E-state index contributed by atoms with van der Waals surface area (Å²) in [5.41, 5.74) is 4.26. The fraction of sp³-hybridized carbons (Fsp3) is 0.240. The van der Waals surface area contributed by atoms with Gasteiger partial charge in [0.25, 0.3) is 5.91 Å². The number of amides is 1. The van der Waals surface area contributed by atoms with Gasteiger partial charge >= 0.3 is 0 Å². The minimum atomic E-state index is -3.36. The second-order valence-corrected chi connectivity index (χ2v) is 9.95. The molecule has 0 aromatic heterocycles. The van der Waals surface area contributed by atoms with Gasteiger partial charge in [-0.05, 0) is 48.2 Å². The van der Waals surface area contributed by atoms with Crippen LogP contribution in [0.3, 0.4) is 0 Å². The lowest BCUT2D eigenvalue weighted by atomic mass is 10.1. The number of carbonyl (C=O) groups excluding carboxylic acids is 1. The molecule has 0 unspecified atom stereocenters. The Balaban J connectivity index is 1.65. The molecule has 5 nitrogen and oxygen atoms in total. The molecule has 31 heavy (non-hydrogen) atoms. The molecule has 0 N–H and O–H groups in total. The maximum absolute atomic E-state index is 13.5. The van der Waals surface area contributed by atoms with E-state index >= 15 is 0 Å². The highest BCUT2D eigenvalue weighted by atomic mass is 32.2. The fourth-order valence-electron chi connectivity index (χ4n) is 4.23. The molecule has 0 saturated carbocycles. The van der Waals surface area contributed by atoms with Crippen LogP contribution in [0.5, 0.6) is 0 Å². The maximum atomic E-state index is 13.5. The molecule has 1 heterocycles. The van der Waals surface area contributed by atoms with Gasteiger partial charge in [0.1, 0.15) is 0 Å². The van der Waals surface area contributed by atoms with Gasteiger partial charge in [0.2, 0.25) is 10.0 Å². The second-order valence-electron chi connectivity index (χ2n) is 8.09. The molecule has 4 rings (SSSR count). The summed E-state index contributed by atoms with van der Waals surface area (Å²) >= 11 is 0. The Hall–Kier alpha value is -3.12. The number of nitrogens with zero attached hydrogens (tertiary/aromatic N) is 2. The first-order valence-corrected chi connectivity index (χ1v) is 12.2. The van der Waals surface area contributed by atoms with Crippen LogP contribution in [-0.2, 0) is 29.5 Å². The first-order chi connectivity index (χ1) is 14.8. The monoisotopic (exact) mass is 434 g/mol. The van der Waals surface area contributed by atoms with Crippen molar-refractivity contribution >= 4 is 21.6 Å². The van der Waals surface area contributed by atoms with E-state index in [2.05, 4.69) is 0 Å². The third kappa shape index (κ3) is 4.64. The molecule has 0 aliphatic carbocycles. The summed E-state index contributed by atoms with van der Waals surface area (Å²) in [5, 5.41) is 0. The summed E-state index contributed by atoms with van der Waals surface area (Å²) in [7, 11) is -3.36. The number of anilines is 1. The van der Waals surface area contributed by atoms with Crippen LogP contribution in [0.25, 0.3) is 0 Å². The largest absolute Gasteiger partial charge is 0.330 e. The van der Waals surface area contributed by atoms with Gasteiger partial charge in [-0.15, -0.1) is 0 Å². The topological polar surface area (TPSA) is 57.7 Å². The lowest BCUT2D eigenvalue weighted by molar-refractivity contribution is 0.0730.